The predicted octanol–water partition coefficient (Wildman–Crippen LogP) is 5.37. The molecule has 116 valence electrons. The molecule has 3 nitrogen and oxygen atoms in total. The Labute approximate surface area is 127 Å². The molecule has 0 radical (unpaired) electrons. The first-order valence-corrected chi connectivity index (χ1v) is 8.94. The maximum atomic E-state index is 14.1. The monoisotopic (exact) mass is 307 g/mol. The number of nitrogens with zero attached hydrogens (tertiary/aromatic N) is 1. The van der Waals surface area contributed by atoms with E-state index in [0.717, 1.165) is 16.7 Å². The van der Waals surface area contributed by atoms with E-state index in [4.69, 9.17) is 4.74 Å². The van der Waals surface area contributed by atoms with Gasteiger partial charge in [-0.3, -0.25) is 8.90 Å². The van der Waals surface area contributed by atoms with E-state index in [2.05, 4.69) is 41.5 Å². The Morgan fingerprint density at radius 3 is 2.05 bits per heavy atom. The number of rotatable bonds is 2. The van der Waals surface area contributed by atoms with Gasteiger partial charge in [-0.25, -0.2) is 0 Å². The zero-order valence-electron chi connectivity index (χ0n) is 14.1. The molecule has 4 heteroatoms. The van der Waals surface area contributed by atoms with Crippen molar-refractivity contribution in [2.24, 2.45) is 0 Å². The van der Waals surface area contributed by atoms with E-state index in [0.29, 0.717) is 0 Å². The van der Waals surface area contributed by atoms with E-state index in [1.807, 2.05) is 34.8 Å². The van der Waals surface area contributed by atoms with Crippen LogP contribution in [0.2, 0.25) is 0 Å². The predicted molar refractivity (Wildman–Crippen MR) is 91.0 cm³/mol. The Morgan fingerprint density at radius 1 is 1.00 bits per heavy atom. The van der Waals surface area contributed by atoms with E-state index < -0.39 is 7.29 Å². The first kappa shape index (κ1) is 16.2. The molecule has 1 aromatic carbocycles. The maximum absolute atomic E-state index is 14.1. The standard InChI is InChI=1S/C17H26NO2P/c1-16(2,3)21(19,17(4,5)6)18-11-10-13-8-9-14(20-7)12-15(13)18/h8-12H,1-7H3. The number of methoxy groups -OCH3 is 1. The van der Waals surface area contributed by atoms with Crippen LogP contribution in [0.4, 0.5) is 0 Å². The third kappa shape index (κ3) is 2.42. The van der Waals surface area contributed by atoms with Crippen LogP contribution in [0.5, 0.6) is 5.75 Å². The van der Waals surface area contributed by atoms with Crippen LogP contribution in [0.15, 0.2) is 30.5 Å². The summed E-state index contributed by atoms with van der Waals surface area (Å²) in [7, 11) is -1.05. The number of fused-ring (bicyclic) bond motifs is 1. The Hall–Kier alpha value is -1.21. The largest absolute Gasteiger partial charge is 0.497 e. The van der Waals surface area contributed by atoms with Crippen LogP contribution in [-0.2, 0) is 4.57 Å². The maximum Gasteiger partial charge on any atom is 0.186 e. The minimum atomic E-state index is -2.71. The van der Waals surface area contributed by atoms with Gasteiger partial charge >= 0.3 is 0 Å². The Bertz CT molecular complexity index is 684. The van der Waals surface area contributed by atoms with Crippen molar-refractivity contribution in [1.82, 2.24) is 4.34 Å². The Morgan fingerprint density at radius 2 is 1.57 bits per heavy atom. The van der Waals surface area contributed by atoms with Gasteiger partial charge in [0.1, 0.15) is 5.75 Å². The van der Waals surface area contributed by atoms with Crippen LogP contribution in [0, 0.1) is 0 Å². The van der Waals surface area contributed by atoms with Crippen molar-refractivity contribution in [3.05, 3.63) is 30.5 Å². The summed E-state index contributed by atoms with van der Waals surface area (Å²) < 4.78 is 21.4. The van der Waals surface area contributed by atoms with Crippen LogP contribution in [-0.4, -0.2) is 21.8 Å². The highest BCUT2D eigenvalue weighted by Gasteiger charge is 2.48. The van der Waals surface area contributed by atoms with Crippen molar-refractivity contribution in [3.63, 3.8) is 0 Å². The molecule has 0 unspecified atom stereocenters. The molecule has 0 amide bonds. The lowest BCUT2D eigenvalue weighted by atomic mass is 10.2. The van der Waals surface area contributed by atoms with Gasteiger partial charge in [-0.2, -0.15) is 0 Å². The molecule has 0 saturated carbocycles. The second-order valence-electron chi connectivity index (χ2n) is 7.50. The summed E-state index contributed by atoms with van der Waals surface area (Å²) in [5.74, 6) is 0.789. The number of benzene rings is 1. The summed E-state index contributed by atoms with van der Waals surface area (Å²) in [4.78, 5) is 0. The van der Waals surface area contributed by atoms with Gasteiger partial charge in [-0.15, -0.1) is 0 Å². The van der Waals surface area contributed by atoms with E-state index in [1.54, 1.807) is 7.11 Å². The Balaban J connectivity index is 2.82. The zero-order chi connectivity index (χ0) is 16.1. The second kappa shape index (κ2) is 4.91. The van der Waals surface area contributed by atoms with Crippen molar-refractivity contribution in [2.75, 3.05) is 7.11 Å². The van der Waals surface area contributed by atoms with Gasteiger partial charge in [0, 0.05) is 28.0 Å². The highest BCUT2D eigenvalue weighted by Crippen LogP contribution is 2.68. The molecule has 0 atom stereocenters. The lowest BCUT2D eigenvalue weighted by molar-refractivity contribution is 0.415. The molecule has 2 rings (SSSR count). The molecule has 21 heavy (non-hydrogen) atoms. The van der Waals surface area contributed by atoms with Crippen LogP contribution in [0.1, 0.15) is 41.5 Å². The molecule has 0 bridgehead atoms. The van der Waals surface area contributed by atoms with Crippen LogP contribution < -0.4 is 4.74 Å². The van der Waals surface area contributed by atoms with E-state index >= 15 is 0 Å². The lowest BCUT2D eigenvalue weighted by Gasteiger charge is -2.42. The fraction of sp³-hybridized carbons (Fsp3) is 0.529. The molecule has 1 aromatic heterocycles. The summed E-state index contributed by atoms with van der Waals surface area (Å²) in [6.45, 7) is 12.4. The van der Waals surface area contributed by atoms with E-state index in [-0.39, 0.29) is 10.3 Å². The van der Waals surface area contributed by atoms with Crippen LogP contribution in [0.3, 0.4) is 0 Å². The van der Waals surface area contributed by atoms with Crippen LogP contribution in [0.25, 0.3) is 10.9 Å². The summed E-state index contributed by atoms with van der Waals surface area (Å²) in [6, 6.07) is 7.95. The lowest BCUT2D eigenvalue weighted by Crippen LogP contribution is -2.32. The molecule has 0 aliphatic rings. The average Bonchev–Trinajstić information content (AvgIpc) is 2.77. The number of hydrogen-bond acceptors (Lipinski definition) is 2. The highest BCUT2D eigenvalue weighted by atomic mass is 31.2. The van der Waals surface area contributed by atoms with Crippen molar-refractivity contribution < 1.29 is 9.30 Å². The van der Waals surface area contributed by atoms with Gasteiger partial charge in [0.25, 0.3) is 0 Å². The van der Waals surface area contributed by atoms with E-state index in [9.17, 15) is 4.57 Å². The fourth-order valence-electron chi connectivity index (χ4n) is 3.12. The highest BCUT2D eigenvalue weighted by molar-refractivity contribution is 7.65. The number of ether oxygens (including phenoxy) is 1. The molecular weight excluding hydrogens is 281 g/mol. The quantitative estimate of drug-likeness (QED) is 0.698. The summed E-state index contributed by atoms with van der Waals surface area (Å²) in [6.07, 6.45) is 1.96. The first-order valence-electron chi connectivity index (χ1n) is 7.28. The third-order valence-electron chi connectivity index (χ3n) is 4.00. The molecule has 0 spiro atoms. The van der Waals surface area contributed by atoms with Crippen molar-refractivity contribution in [2.45, 2.75) is 51.9 Å². The molecule has 0 N–H and O–H groups in total. The van der Waals surface area contributed by atoms with Gasteiger partial charge in [0.15, 0.2) is 7.29 Å². The SMILES string of the molecule is COc1ccc2ccn(P(=O)(C(C)(C)C)C(C)(C)C)c2c1. The van der Waals surface area contributed by atoms with Gasteiger partial charge in [0.2, 0.25) is 0 Å². The fourth-order valence-corrected chi connectivity index (χ4v) is 7.16. The average molecular weight is 307 g/mol. The molecule has 0 aliphatic carbocycles. The van der Waals surface area contributed by atoms with Crippen LogP contribution >= 0.6 is 7.29 Å². The molecule has 0 saturated heterocycles. The topological polar surface area (TPSA) is 31.2 Å². The Kier molecular flexibility index (Phi) is 3.78. The minimum absolute atomic E-state index is 0.319. The normalized spacial score (nSPS) is 13.7. The molecule has 2 aromatic rings. The molecular formula is C17H26NO2P. The van der Waals surface area contributed by atoms with Gasteiger partial charge < -0.3 is 4.74 Å². The van der Waals surface area contributed by atoms with Gasteiger partial charge in [-0.1, -0.05) is 41.5 Å². The number of hydrogen-bond donors (Lipinski definition) is 0. The zero-order valence-corrected chi connectivity index (χ0v) is 15.0. The third-order valence-corrected chi connectivity index (χ3v) is 8.59. The summed E-state index contributed by atoms with van der Waals surface area (Å²) in [5.41, 5.74) is 0.975. The molecule has 0 aliphatic heterocycles. The van der Waals surface area contributed by atoms with Crippen molar-refractivity contribution in [3.8, 4) is 5.75 Å². The van der Waals surface area contributed by atoms with E-state index in [1.165, 1.54) is 0 Å². The first-order chi connectivity index (χ1) is 9.52. The summed E-state index contributed by atoms with van der Waals surface area (Å²) >= 11 is 0. The molecule has 1 heterocycles. The van der Waals surface area contributed by atoms with Crippen molar-refractivity contribution in [1.29, 1.82) is 0 Å². The smallest absolute Gasteiger partial charge is 0.186 e. The molecule has 0 fully saturated rings. The summed E-state index contributed by atoms with van der Waals surface area (Å²) in [5, 5.41) is 0.449. The van der Waals surface area contributed by atoms with Gasteiger partial charge in [-0.05, 0) is 18.2 Å². The number of aromatic nitrogens is 1. The second-order valence-corrected chi connectivity index (χ2v) is 11.8. The van der Waals surface area contributed by atoms with Gasteiger partial charge in [0.05, 0.1) is 12.6 Å². The van der Waals surface area contributed by atoms with Crippen molar-refractivity contribution >= 4 is 18.2 Å². The minimum Gasteiger partial charge on any atom is -0.497 e.